The Balaban J connectivity index is 1.92. The topological polar surface area (TPSA) is 56.4 Å². The molecule has 0 saturated carbocycles. The van der Waals surface area contributed by atoms with Crippen LogP contribution in [0.2, 0.25) is 0 Å². The lowest BCUT2D eigenvalue weighted by atomic mass is 9.93. The lowest BCUT2D eigenvalue weighted by Gasteiger charge is -2.33. The molecule has 5 nitrogen and oxygen atoms in total. The summed E-state index contributed by atoms with van der Waals surface area (Å²) < 4.78 is 0. The molecule has 0 bridgehead atoms. The molecule has 3 heterocycles. The van der Waals surface area contributed by atoms with Crippen LogP contribution in [0.4, 0.5) is 4.79 Å². The molecule has 0 radical (unpaired) electrons. The lowest BCUT2D eigenvalue weighted by Crippen LogP contribution is -2.42. The minimum atomic E-state index is -0.353. The Morgan fingerprint density at radius 2 is 2.00 bits per heavy atom. The maximum absolute atomic E-state index is 12.2. The molecule has 2 aromatic rings. The highest BCUT2D eigenvalue weighted by molar-refractivity contribution is 6.05. The summed E-state index contributed by atoms with van der Waals surface area (Å²) in [6.07, 6.45) is 0.596. The summed E-state index contributed by atoms with van der Waals surface area (Å²) in [4.78, 5) is 30.7. The van der Waals surface area contributed by atoms with Gasteiger partial charge in [-0.2, -0.15) is 0 Å². The molecule has 1 N–H and O–H groups in total. The van der Waals surface area contributed by atoms with Crippen molar-refractivity contribution in [3.05, 3.63) is 35.5 Å². The molecular weight excluding hydrogens is 254 g/mol. The van der Waals surface area contributed by atoms with Crippen molar-refractivity contribution < 1.29 is 9.59 Å². The second-order valence-electron chi connectivity index (χ2n) is 5.55. The number of aromatic amines is 1. The fraction of sp³-hybridized carbons (Fsp3) is 0.333. The molecule has 5 heteroatoms. The maximum Gasteiger partial charge on any atom is 0.327 e. The Bertz CT molecular complexity index is 749. The SMILES string of the molecule is CC1c2[nH]c3ccccc3c2CC2C(=O)N(C)C(=O)N21. The highest BCUT2D eigenvalue weighted by Gasteiger charge is 2.49. The molecule has 1 fully saturated rings. The molecule has 2 aliphatic heterocycles. The van der Waals surface area contributed by atoms with Gasteiger partial charge in [0.2, 0.25) is 0 Å². The number of carbonyl (C=O) groups excluding carboxylic acids is 2. The highest BCUT2D eigenvalue weighted by Crippen LogP contribution is 2.40. The molecule has 2 unspecified atom stereocenters. The van der Waals surface area contributed by atoms with Crippen LogP contribution in [0.25, 0.3) is 10.9 Å². The first-order valence-corrected chi connectivity index (χ1v) is 6.79. The van der Waals surface area contributed by atoms with Gasteiger partial charge in [0.05, 0.1) is 6.04 Å². The zero-order chi connectivity index (χ0) is 14.0. The van der Waals surface area contributed by atoms with E-state index in [4.69, 9.17) is 0 Å². The largest absolute Gasteiger partial charge is 0.356 e. The molecule has 0 spiro atoms. The second-order valence-corrected chi connectivity index (χ2v) is 5.55. The van der Waals surface area contributed by atoms with Gasteiger partial charge in [0.15, 0.2) is 0 Å². The van der Waals surface area contributed by atoms with Crippen LogP contribution in [-0.4, -0.2) is 39.8 Å². The van der Waals surface area contributed by atoms with Crippen LogP contribution in [0.15, 0.2) is 24.3 Å². The Morgan fingerprint density at radius 1 is 1.25 bits per heavy atom. The van der Waals surface area contributed by atoms with Crippen LogP contribution in [0.3, 0.4) is 0 Å². The van der Waals surface area contributed by atoms with E-state index in [0.717, 1.165) is 16.6 Å². The fourth-order valence-electron chi connectivity index (χ4n) is 3.49. The van der Waals surface area contributed by atoms with Crippen molar-refractivity contribution in [3.8, 4) is 0 Å². The van der Waals surface area contributed by atoms with Gasteiger partial charge in [-0.3, -0.25) is 9.69 Å². The predicted molar refractivity (Wildman–Crippen MR) is 74.2 cm³/mol. The molecule has 20 heavy (non-hydrogen) atoms. The number of aromatic nitrogens is 1. The Hall–Kier alpha value is -2.30. The third-order valence-electron chi connectivity index (χ3n) is 4.54. The van der Waals surface area contributed by atoms with E-state index in [-0.39, 0.29) is 24.0 Å². The summed E-state index contributed by atoms with van der Waals surface area (Å²) in [6, 6.07) is 7.43. The Morgan fingerprint density at radius 3 is 2.80 bits per heavy atom. The number of amides is 3. The van der Waals surface area contributed by atoms with E-state index in [1.54, 1.807) is 11.9 Å². The van der Waals surface area contributed by atoms with E-state index >= 15 is 0 Å². The number of nitrogens with one attached hydrogen (secondary N) is 1. The number of H-pyrrole nitrogens is 1. The summed E-state index contributed by atoms with van der Waals surface area (Å²) in [5.41, 5.74) is 3.29. The van der Waals surface area contributed by atoms with Gasteiger partial charge in [-0.15, -0.1) is 0 Å². The molecule has 3 amide bonds. The van der Waals surface area contributed by atoms with Crippen molar-refractivity contribution in [1.82, 2.24) is 14.8 Å². The number of hydrogen-bond acceptors (Lipinski definition) is 2. The van der Waals surface area contributed by atoms with Gasteiger partial charge in [0.1, 0.15) is 6.04 Å². The van der Waals surface area contributed by atoms with Crippen LogP contribution in [0, 0.1) is 0 Å². The molecule has 4 rings (SSSR count). The number of likely N-dealkylation sites (N-methyl/N-ethyl adjacent to an activating group) is 1. The second kappa shape index (κ2) is 3.62. The number of urea groups is 1. The molecule has 1 aromatic carbocycles. The van der Waals surface area contributed by atoms with E-state index in [0.29, 0.717) is 6.42 Å². The van der Waals surface area contributed by atoms with Gasteiger partial charge in [0.25, 0.3) is 5.91 Å². The molecule has 2 aliphatic rings. The standard InChI is InChI=1S/C15H15N3O2/c1-8-13-10(9-5-3-4-6-11(9)16-13)7-12-14(19)17(2)15(20)18(8)12/h3-6,8,12,16H,7H2,1-2H3. The molecular formula is C15H15N3O2. The normalized spacial score (nSPS) is 25.3. The van der Waals surface area contributed by atoms with E-state index in [1.165, 1.54) is 10.5 Å². The highest BCUT2D eigenvalue weighted by atomic mass is 16.2. The van der Waals surface area contributed by atoms with Crippen LogP contribution in [0.1, 0.15) is 24.2 Å². The van der Waals surface area contributed by atoms with Gasteiger partial charge < -0.3 is 9.88 Å². The van der Waals surface area contributed by atoms with E-state index in [1.807, 2.05) is 25.1 Å². The van der Waals surface area contributed by atoms with Crippen molar-refractivity contribution in [2.75, 3.05) is 7.05 Å². The molecule has 102 valence electrons. The van der Waals surface area contributed by atoms with Gasteiger partial charge in [0, 0.05) is 30.1 Å². The van der Waals surface area contributed by atoms with Crippen LogP contribution < -0.4 is 0 Å². The minimum Gasteiger partial charge on any atom is -0.356 e. The number of carbonyl (C=O) groups is 2. The number of imide groups is 1. The zero-order valence-electron chi connectivity index (χ0n) is 11.4. The van der Waals surface area contributed by atoms with E-state index in [9.17, 15) is 9.59 Å². The first-order valence-electron chi connectivity index (χ1n) is 6.79. The van der Waals surface area contributed by atoms with E-state index < -0.39 is 0 Å². The van der Waals surface area contributed by atoms with Crippen molar-refractivity contribution in [2.45, 2.75) is 25.4 Å². The maximum atomic E-state index is 12.2. The fourth-order valence-corrected chi connectivity index (χ4v) is 3.49. The van der Waals surface area contributed by atoms with Gasteiger partial charge >= 0.3 is 6.03 Å². The van der Waals surface area contributed by atoms with Crippen LogP contribution in [0.5, 0.6) is 0 Å². The van der Waals surface area contributed by atoms with Crippen LogP contribution in [-0.2, 0) is 11.2 Å². The summed E-state index contributed by atoms with van der Waals surface area (Å²) in [5, 5.41) is 1.16. The van der Waals surface area contributed by atoms with Crippen molar-refractivity contribution >= 4 is 22.8 Å². The van der Waals surface area contributed by atoms with Crippen molar-refractivity contribution in [2.24, 2.45) is 0 Å². The number of hydrogen-bond donors (Lipinski definition) is 1. The average molecular weight is 269 g/mol. The van der Waals surface area contributed by atoms with Crippen LogP contribution >= 0.6 is 0 Å². The zero-order valence-corrected chi connectivity index (χ0v) is 11.4. The first-order chi connectivity index (χ1) is 9.59. The number of fused-ring (bicyclic) bond motifs is 4. The quantitative estimate of drug-likeness (QED) is 0.744. The third kappa shape index (κ3) is 1.22. The third-order valence-corrected chi connectivity index (χ3v) is 4.54. The predicted octanol–water partition coefficient (Wildman–Crippen LogP) is 2.05. The van der Waals surface area contributed by atoms with Crippen molar-refractivity contribution in [1.29, 1.82) is 0 Å². The number of benzene rings is 1. The first kappa shape index (κ1) is 11.5. The van der Waals surface area contributed by atoms with Gasteiger partial charge in [-0.25, -0.2) is 4.79 Å². The monoisotopic (exact) mass is 269 g/mol. The Labute approximate surface area is 116 Å². The molecule has 2 atom stereocenters. The Kier molecular flexibility index (Phi) is 2.09. The molecule has 0 aliphatic carbocycles. The summed E-state index contributed by atoms with van der Waals surface area (Å²) >= 11 is 0. The lowest BCUT2D eigenvalue weighted by molar-refractivity contribution is -0.127. The average Bonchev–Trinajstić information content (AvgIpc) is 2.93. The summed E-state index contributed by atoms with van der Waals surface area (Å²) in [5.74, 6) is -0.0993. The number of rotatable bonds is 0. The van der Waals surface area contributed by atoms with E-state index in [2.05, 4.69) is 11.1 Å². The minimum absolute atomic E-state index is 0.0993. The molecule has 1 saturated heterocycles. The summed E-state index contributed by atoms with van der Waals surface area (Å²) in [7, 11) is 1.56. The van der Waals surface area contributed by atoms with Gasteiger partial charge in [-0.05, 0) is 18.6 Å². The van der Waals surface area contributed by atoms with Crippen molar-refractivity contribution in [3.63, 3.8) is 0 Å². The smallest absolute Gasteiger partial charge is 0.327 e. The molecule has 1 aromatic heterocycles. The van der Waals surface area contributed by atoms with Gasteiger partial charge in [-0.1, -0.05) is 18.2 Å². The number of para-hydroxylation sites is 1. The summed E-state index contributed by atoms with van der Waals surface area (Å²) in [6.45, 7) is 1.98. The number of nitrogens with zero attached hydrogens (tertiary/aromatic N) is 2.